The maximum atomic E-state index is 13.3. The van der Waals surface area contributed by atoms with Gasteiger partial charge in [0.1, 0.15) is 23.7 Å². The lowest BCUT2D eigenvalue weighted by molar-refractivity contribution is -0.134. The molecule has 1 aliphatic heterocycles. The van der Waals surface area contributed by atoms with Crippen molar-refractivity contribution >= 4 is 23.6 Å². The first-order chi connectivity index (χ1) is 23.5. The quantitative estimate of drug-likeness (QED) is 0.268. The molecule has 1 aromatic carbocycles. The Kier molecular flexibility index (Phi) is 16.9. The second-order valence-corrected chi connectivity index (χ2v) is 12.8. The molecule has 3 atom stereocenters. The highest BCUT2D eigenvalue weighted by Crippen LogP contribution is 2.15. The largest absolute Gasteiger partial charge is 0.484 e. The number of amides is 4. The number of carbonyl (C=O) groups excluding carboxylic acids is 4. The summed E-state index contributed by atoms with van der Waals surface area (Å²) in [6.07, 6.45) is 5.57. The van der Waals surface area contributed by atoms with Crippen molar-refractivity contribution in [2.45, 2.75) is 84.0 Å². The molecule has 0 aliphatic carbocycles. The number of aromatic nitrogens is 2. The number of carbonyl (C=O) groups is 4. The molecule has 0 unspecified atom stereocenters. The number of hydrogen-bond acceptors (Lipinski definition) is 10. The van der Waals surface area contributed by atoms with Gasteiger partial charge in [-0.3, -0.25) is 24.1 Å². The number of benzene rings is 1. The van der Waals surface area contributed by atoms with E-state index in [1.807, 2.05) is 26.2 Å². The summed E-state index contributed by atoms with van der Waals surface area (Å²) in [5.74, 6) is -0.458. The number of aliphatic hydroxyl groups is 1. The molecule has 0 radical (unpaired) electrons. The minimum absolute atomic E-state index is 0.0217. The minimum atomic E-state index is -1.18. The van der Waals surface area contributed by atoms with Crippen LogP contribution < -0.4 is 26.0 Å². The van der Waals surface area contributed by atoms with Crippen LogP contribution in [0.4, 0.5) is 0 Å². The van der Waals surface area contributed by atoms with Crippen LogP contribution in [0.2, 0.25) is 0 Å². The zero-order valence-corrected chi connectivity index (χ0v) is 29.2. The Morgan fingerprint density at radius 2 is 1.69 bits per heavy atom. The van der Waals surface area contributed by atoms with Crippen LogP contribution in [0.5, 0.6) is 5.75 Å². The molecule has 1 aliphatic rings. The summed E-state index contributed by atoms with van der Waals surface area (Å²) >= 11 is 0. The lowest BCUT2D eigenvalue weighted by Crippen LogP contribution is -2.57. The van der Waals surface area contributed by atoms with Gasteiger partial charge in [0.25, 0.3) is 5.91 Å². The minimum Gasteiger partial charge on any atom is -0.484 e. The summed E-state index contributed by atoms with van der Waals surface area (Å²) in [5, 5.41) is 21.6. The van der Waals surface area contributed by atoms with Crippen molar-refractivity contribution in [1.82, 2.24) is 36.1 Å². The first-order valence-corrected chi connectivity index (χ1v) is 17.1. The summed E-state index contributed by atoms with van der Waals surface area (Å²) in [5.41, 5.74) is 1.61. The van der Waals surface area contributed by atoms with E-state index in [0.717, 1.165) is 18.5 Å². The first kappa shape index (κ1) is 39.3. The van der Waals surface area contributed by atoms with Crippen molar-refractivity contribution in [2.75, 3.05) is 46.5 Å². The number of fused-ring (bicyclic) bond motifs is 2. The Morgan fingerprint density at radius 1 is 0.959 bits per heavy atom. The van der Waals surface area contributed by atoms with Crippen LogP contribution in [0, 0.1) is 5.92 Å². The van der Waals surface area contributed by atoms with E-state index in [9.17, 15) is 24.3 Å². The highest BCUT2D eigenvalue weighted by atomic mass is 16.5. The fourth-order valence-electron chi connectivity index (χ4n) is 5.36. The van der Waals surface area contributed by atoms with Gasteiger partial charge in [-0.1, -0.05) is 26.0 Å². The second kappa shape index (κ2) is 21.1. The Balaban J connectivity index is 1.73. The Morgan fingerprint density at radius 3 is 2.41 bits per heavy atom. The highest BCUT2D eigenvalue weighted by Gasteiger charge is 2.30. The van der Waals surface area contributed by atoms with E-state index in [-0.39, 0.29) is 30.8 Å². The maximum Gasteiger partial charge on any atom is 0.257 e. The number of nitrogens with one attached hydrogen (secondary N) is 4. The molecule has 5 N–H and O–H groups in total. The van der Waals surface area contributed by atoms with Crippen molar-refractivity contribution in [2.24, 2.45) is 5.92 Å². The van der Waals surface area contributed by atoms with E-state index in [2.05, 4.69) is 36.1 Å². The number of hydrogen-bond donors (Lipinski definition) is 5. The van der Waals surface area contributed by atoms with Crippen LogP contribution in [-0.4, -0.2) is 108 Å². The topological polar surface area (TPSA) is 184 Å². The normalized spacial score (nSPS) is 20.6. The molecule has 270 valence electrons. The molecule has 0 saturated carbocycles. The van der Waals surface area contributed by atoms with Gasteiger partial charge in [0.2, 0.25) is 17.7 Å². The molecule has 14 nitrogen and oxygen atoms in total. The number of nitrogens with zero attached hydrogens (tertiary/aromatic N) is 3. The molecule has 0 fully saturated rings. The van der Waals surface area contributed by atoms with Crippen LogP contribution in [0.15, 0.2) is 36.7 Å². The Labute approximate surface area is 289 Å². The average molecular weight is 684 g/mol. The van der Waals surface area contributed by atoms with Crippen molar-refractivity contribution in [3.63, 3.8) is 0 Å². The SMILES string of the molecule is COCCc1ncc(CN2CCCCNC(=O)[C@H]([C@@H](C)O)NC(=O)[C@@H](CC(C)C)NC(=O)Cc3cccc(c3)OCC(=O)NCCC2)cn1. The molecule has 4 amide bonds. The molecule has 3 rings (SSSR count). The van der Waals surface area contributed by atoms with Crippen molar-refractivity contribution in [1.29, 1.82) is 0 Å². The number of methoxy groups -OCH3 is 1. The van der Waals surface area contributed by atoms with E-state index in [1.165, 1.54) is 6.92 Å². The Bertz CT molecular complexity index is 1340. The summed E-state index contributed by atoms with van der Waals surface area (Å²) in [7, 11) is 1.64. The molecule has 14 heteroatoms. The van der Waals surface area contributed by atoms with Crippen LogP contribution in [0.25, 0.3) is 0 Å². The smallest absolute Gasteiger partial charge is 0.257 e. The molecule has 2 bridgehead atoms. The van der Waals surface area contributed by atoms with Crippen molar-refractivity contribution in [3.8, 4) is 5.75 Å². The molecular weight excluding hydrogens is 630 g/mol. The molecular formula is C35H53N7O7. The fourth-order valence-corrected chi connectivity index (χ4v) is 5.36. The van der Waals surface area contributed by atoms with Crippen molar-refractivity contribution < 1.29 is 33.8 Å². The average Bonchev–Trinajstić information content (AvgIpc) is 3.06. The van der Waals surface area contributed by atoms with Gasteiger partial charge in [0, 0.05) is 57.7 Å². The fraction of sp³-hybridized carbons (Fsp3) is 0.600. The number of rotatable bonds is 8. The van der Waals surface area contributed by atoms with Crippen LogP contribution in [0.1, 0.15) is 63.4 Å². The molecule has 0 saturated heterocycles. The lowest BCUT2D eigenvalue weighted by Gasteiger charge is -2.26. The van der Waals surface area contributed by atoms with Crippen LogP contribution in [0.3, 0.4) is 0 Å². The van der Waals surface area contributed by atoms with Crippen LogP contribution >= 0.6 is 0 Å². The van der Waals surface area contributed by atoms with Gasteiger partial charge in [0.15, 0.2) is 6.61 Å². The zero-order valence-electron chi connectivity index (χ0n) is 29.2. The van der Waals surface area contributed by atoms with Gasteiger partial charge in [-0.15, -0.1) is 0 Å². The first-order valence-electron chi connectivity index (χ1n) is 17.1. The highest BCUT2D eigenvalue weighted by molar-refractivity contribution is 5.92. The van der Waals surface area contributed by atoms with E-state index in [0.29, 0.717) is 75.6 Å². The summed E-state index contributed by atoms with van der Waals surface area (Å²) < 4.78 is 10.8. The second-order valence-electron chi connectivity index (χ2n) is 12.8. The van der Waals surface area contributed by atoms with Gasteiger partial charge in [0.05, 0.1) is 19.1 Å². The summed E-state index contributed by atoms with van der Waals surface area (Å²) in [4.78, 5) is 63.1. The molecule has 49 heavy (non-hydrogen) atoms. The van der Waals surface area contributed by atoms with Gasteiger partial charge in [-0.2, -0.15) is 0 Å². The standard InChI is InChI=1S/C35H53N7O7/c1-24(2)17-29-34(46)41-33(25(3)43)35(47)37-12-5-6-14-42(22-27-20-38-30(39-21-27)11-16-48-4)15-8-13-36-32(45)23-49-28-10-7-9-26(18-28)19-31(44)40-29/h7,9-10,18,20-21,24-25,29,33,43H,5-6,8,11-17,19,22-23H2,1-4H3,(H,36,45)(H,37,47)(H,40,44)(H,41,46)/t25-,29-,33+/m1/s1. The molecule has 1 aromatic heterocycles. The molecule has 2 aromatic rings. The summed E-state index contributed by atoms with van der Waals surface area (Å²) in [6.45, 7) is 8.54. The Hall–Kier alpha value is -4.14. The van der Waals surface area contributed by atoms with E-state index in [1.54, 1.807) is 31.4 Å². The van der Waals surface area contributed by atoms with Gasteiger partial charge in [-0.05, 0) is 62.8 Å². The summed E-state index contributed by atoms with van der Waals surface area (Å²) in [6, 6.07) is 4.79. The van der Waals surface area contributed by atoms with Gasteiger partial charge in [-0.25, -0.2) is 9.97 Å². The molecule has 2 heterocycles. The van der Waals surface area contributed by atoms with E-state index < -0.39 is 30.0 Å². The monoisotopic (exact) mass is 683 g/mol. The van der Waals surface area contributed by atoms with Crippen molar-refractivity contribution in [3.05, 3.63) is 53.6 Å². The number of ether oxygens (including phenoxy) is 2. The van der Waals surface area contributed by atoms with E-state index >= 15 is 0 Å². The third-order valence-corrected chi connectivity index (χ3v) is 7.92. The maximum absolute atomic E-state index is 13.3. The third-order valence-electron chi connectivity index (χ3n) is 7.92. The third kappa shape index (κ3) is 14.9. The lowest BCUT2D eigenvalue weighted by atomic mass is 10.0. The number of aliphatic hydroxyl groups excluding tert-OH is 1. The van der Waals surface area contributed by atoms with Gasteiger partial charge < -0.3 is 35.8 Å². The predicted octanol–water partition coefficient (Wildman–Crippen LogP) is 0.902. The van der Waals surface area contributed by atoms with Crippen LogP contribution in [-0.2, 0) is 43.3 Å². The molecule has 0 spiro atoms. The predicted molar refractivity (Wildman–Crippen MR) is 183 cm³/mol. The zero-order chi connectivity index (χ0) is 35.6. The van der Waals surface area contributed by atoms with E-state index in [4.69, 9.17) is 9.47 Å². The van der Waals surface area contributed by atoms with Gasteiger partial charge >= 0.3 is 0 Å².